The molecule has 0 bridgehead atoms. The van der Waals surface area contributed by atoms with Crippen molar-refractivity contribution >= 4 is 13.3 Å². The van der Waals surface area contributed by atoms with E-state index in [1.165, 1.54) is 17.7 Å². The summed E-state index contributed by atoms with van der Waals surface area (Å²) in [5.41, 5.74) is 1.42. The van der Waals surface area contributed by atoms with Gasteiger partial charge < -0.3 is 37.2 Å². The standard InChI is InChI=1S/C16H21Si.3ClH.Ti/c1-4-17(5-2,15-9-7-6-8-10-15)16-12-11-14(3)13-16;;;;/h6-13H,4-5H2,1-3H3;3*1H;/q;;;;+3/p-3. The van der Waals surface area contributed by atoms with E-state index < -0.39 is 8.07 Å². The summed E-state index contributed by atoms with van der Waals surface area (Å²) in [4.78, 5) is 0. The Morgan fingerprint density at radius 1 is 1.00 bits per heavy atom. The molecule has 0 fully saturated rings. The fraction of sp³-hybridized carbons (Fsp3) is 0.375. The van der Waals surface area contributed by atoms with Crippen molar-refractivity contribution in [3.05, 3.63) is 54.1 Å². The third kappa shape index (κ3) is 4.28. The van der Waals surface area contributed by atoms with Crippen molar-refractivity contribution < 1.29 is 57.7 Å². The number of halogens is 3. The summed E-state index contributed by atoms with van der Waals surface area (Å²) >= 11 is 2.44. The summed E-state index contributed by atoms with van der Waals surface area (Å²) in [5.74, 6) is 0. The van der Waals surface area contributed by atoms with Crippen LogP contribution >= 0.6 is 0 Å². The molecule has 0 aliphatic heterocycles. The van der Waals surface area contributed by atoms with Gasteiger partial charge in [0.05, 0.1) is 0 Å². The predicted molar refractivity (Wildman–Crippen MR) is 78.4 cm³/mol. The van der Waals surface area contributed by atoms with E-state index in [1.54, 1.807) is 5.19 Å². The molecule has 1 unspecified atom stereocenters. The Morgan fingerprint density at radius 2 is 1.52 bits per heavy atom. The first-order valence-electron chi connectivity index (χ1n) is 6.77. The molecule has 0 spiro atoms. The molecule has 21 heavy (non-hydrogen) atoms. The van der Waals surface area contributed by atoms with Gasteiger partial charge in [0.25, 0.3) is 0 Å². The average molecular weight is 396 g/mol. The van der Waals surface area contributed by atoms with Gasteiger partial charge in [-0.05, 0) is 0 Å². The van der Waals surface area contributed by atoms with Crippen LogP contribution in [0.3, 0.4) is 0 Å². The summed E-state index contributed by atoms with van der Waals surface area (Å²) in [6, 6.07) is 13.8. The number of allylic oxidation sites excluding steroid dienone is 4. The van der Waals surface area contributed by atoms with Crippen LogP contribution in [0.4, 0.5) is 0 Å². The van der Waals surface area contributed by atoms with Gasteiger partial charge in [0, 0.05) is 0 Å². The van der Waals surface area contributed by atoms with Crippen molar-refractivity contribution in [3.63, 3.8) is 0 Å². The van der Waals surface area contributed by atoms with E-state index in [1.807, 2.05) is 0 Å². The van der Waals surface area contributed by atoms with E-state index in [4.69, 9.17) is 0 Å². The number of rotatable bonds is 4. The van der Waals surface area contributed by atoms with Crippen LogP contribution in [0.5, 0.6) is 0 Å². The second-order valence-corrected chi connectivity index (χ2v) is 12.3. The molecule has 1 aliphatic carbocycles. The Labute approximate surface area is 160 Å². The first kappa shape index (κ1) is 23.8. The normalized spacial score (nSPS) is 20.0. The molecule has 0 aromatic heterocycles. The van der Waals surface area contributed by atoms with Crippen molar-refractivity contribution in [2.75, 3.05) is 0 Å². The second-order valence-electron chi connectivity index (χ2n) is 5.25. The van der Waals surface area contributed by atoms with Crippen molar-refractivity contribution in [2.45, 2.75) is 36.2 Å². The van der Waals surface area contributed by atoms with Crippen LogP contribution in [0.15, 0.2) is 54.1 Å². The van der Waals surface area contributed by atoms with E-state index in [0.29, 0.717) is 0 Å². The van der Waals surface area contributed by atoms with Crippen LogP contribution in [0, 0.1) is 0 Å². The second kappa shape index (κ2) is 9.60. The maximum Gasteiger partial charge on any atom is -1.00 e. The van der Waals surface area contributed by atoms with E-state index in [-0.39, 0.29) is 40.6 Å². The smallest absolute Gasteiger partial charge is 1.00 e. The number of hydrogen-bond acceptors (Lipinski definition) is 0. The summed E-state index contributed by atoms with van der Waals surface area (Å²) in [6.07, 6.45) is 7.25. The van der Waals surface area contributed by atoms with Crippen LogP contribution in [-0.4, -0.2) is 8.07 Å². The molecule has 0 nitrogen and oxygen atoms in total. The average Bonchev–Trinajstić information content (AvgIpc) is 2.74. The first-order chi connectivity index (χ1) is 8.58. The van der Waals surface area contributed by atoms with E-state index >= 15 is 0 Å². The molecule has 1 aromatic carbocycles. The largest absolute Gasteiger partial charge is 1.00 e. The molecule has 2 rings (SSSR count). The van der Waals surface area contributed by atoms with Gasteiger partial charge in [-0.3, -0.25) is 0 Å². The molecule has 1 aliphatic rings. The van der Waals surface area contributed by atoms with Crippen molar-refractivity contribution in [2.24, 2.45) is 0 Å². The van der Waals surface area contributed by atoms with E-state index in [9.17, 15) is 0 Å². The van der Waals surface area contributed by atoms with Gasteiger partial charge in [-0.2, -0.15) is 0 Å². The summed E-state index contributed by atoms with van der Waals surface area (Å²) in [6.45, 7) is 6.98. The molecular weight excluding hydrogens is 374 g/mol. The molecule has 0 amide bonds. The van der Waals surface area contributed by atoms with E-state index in [0.717, 1.165) is 0 Å². The third-order valence-corrected chi connectivity index (χ3v) is 12.9. The molecule has 1 atom stereocenters. The zero-order valence-corrected chi connectivity index (χ0v) is 17.5. The fourth-order valence-electron chi connectivity index (χ4n) is 3.26. The third-order valence-electron chi connectivity index (χ3n) is 4.39. The molecule has 5 heteroatoms. The van der Waals surface area contributed by atoms with Crippen molar-refractivity contribution in [1.82, 2.24) is 0 Å². The van der Waals surface area contributed by atoms with Crippen LogP contribution in [-0.2, 0) is 20.4 Å². The van der Waals surface area contributed by atoms with Crippen LogP contribution in [0.25, 0.3) is 0 Å². The van der Waals surface area contributed by atoms with Gasteiger partial charge in [-0.25, -0.2) is 0 Å². The van der Waals surface area contributed by atoms with Crippen molar-refractivity contribution in [1.29, 1.82) is 0 Å². The molecule has 0 N–H and O–H groups in total. The Morgan fingerprint density at radius 3 is 1.90 bits per heavy atom. The Hall–Kier alpha value is 0.501. The van der Waals surface area contributed by atoms with Gasteiger partial charge >= 0.3 is 124 Å². The van der Waals surface area contributed by atoms with Crippen LogP contribution < -0.4 is 42.4 Å². The maximum atomic E-state index is 2.50. The van der Waals surface area contributed by atoms with Gasteiger partial charge in [0.15, 0.2) is 0 Å². The summed E-state index contributed by atoms with van der Waals surface area (Å²) in [7, 11) is -1.52. The molecule has 114 valence electrons. The molecule has 0 saturated carbocycles. The molecule has 0 saturated heterocycles. The first-order valence-corrected chi connectivity index (χ1v) is 9.97. The van der Waals surface area contributed by atoms with Crippen LogP contribution in [0.1, 0.15) is 20.8 Å². The van der Waals surface area contributed by atoms with Gasteiger partial charge in [0.2, 0.25) is 0 Å². The predicted octanol–water partition coefficient (Wildman–Crippen LogP) is -4.84. The topological polar surface area (TPSA) is 0 Å². The summed E-state index contributed by atoms with van der Waals surface area (Å²) < 4.78 is 0.280. The maximum absolute atomic E-state index is 2.50. The van der Waals surface area contributed by atoms with E-state index in [2.05, 4.69) is 89.8 Å². The number of benzene rings is 1. The quantitative estimate of drug-likeness (QED) is 0.449. The molecule has 1 aromatic rings. The Kier molecular flexibility index (Phi) is 10.9. The molecular formula is C16H21Cl3SiTi. The van der Waals surface area contributed by atoms with Crippen LogP contribution in [0.2, 0.25) is 15.4 Å². The van der Waals surface area contributed by atoms with Crippen molar-refractivity contribution in [3.8, 4) is 0 Å². The minimum atomic E-state index is -1.52. The zero-order valence-electron chi connectivity index (χ0n) is 12.7. The summed E-state index contributed by atoms with van der Waals surface area (Å²) in [5, 5.41) is 1.60. The SMILES string of the molecule is CC[Si](CC)(c1ccccc1)[C]1([Ti+3])C=CC(C)=C1.[Cl-].[Cl-].[Cl-]. The van der Waals surface area contributed by atoms with Gasteiger partial charge in [-0.1, -0.05) is 0 Å². The van der Waals surface area contributed by atoms with Gasteiger partial charge in [0.1, 0.15) is 0 Å². The fourth-order valence-corrected chi connectivity index (χ4v) is 10.8. The van der Waals surface area contributed by atoms with Gasteiger partial charge in [-0.15, -0.1) is 0 Å². The Bertz CT molecular complexity index is 484. The zero-order chi connectivity index (χ0) is 13.2. The number of hydrogen-bond donors (Lipinski definition) is 0. The minimum Gasteiger partial charge on any atom is -1.00 e. The molecule has 0 heterocycles. The Balaban J connectivity index is 0. The monoisotopic (exact) mass is 394 g/mol. The minimum absolute atomic E-state index is 0. The molecule has 0 radical (unpaired) electrons.